The van der Waals surface area contributed by atoms with Crippen molar-refractivity contribution in [3.63, 3.8) is 0 Å². The van der Waals surface area contributed by atoms with Crippen LogP contribution in [0.25, 0.3) is 0 Å². The Morgan fingerprint density at radius 2 is 2.14 bits per heavy atom. The van der Waals surface area contributed by atoms with E-state index in [-0.39, 0.29) is 27.8 Å². The van der Waals surface area contributed by atoms with Crippen molar-refractivity contribution in [1.82, 2.24) is 26.1 Å². The van der Waals surface area contributed by atoms with Gasteiger partial charge in [0.15, 0.2) is 9.88 Å². The lowest BCUT2D eigenvalue weighted by molar-refractivity contribution is -0.121. The van der Waals surface area contributed by atoms with Crippen LogP contribution in [0.1, 0.15) is 11.5 Å². The van der Waals surface area contributed by atoms with E-state index in [9.17, 15) is 9.59 Å². The maximum absolute atomic E-state index is 11.7. The Hall–Kier alpha value is -2.46. The largest absolute Gasteiger partial charge is 0.467 e. The van der Waals surface area contributed by atoms with Gasteiger partial charge in [-0.05, 0) is 36.6 Å². The van der Waals surface area contributed by atoms with Crippen LogP contribution in [0.2, 0.25) is 0 Å². The number of thiocarbonyl (C=S) groups is 1. The third kappa shape index (κ3) is 5.14. The number of furan rings is 1. The van der Waals surface area contributed by atoms with Crippen LogP contribution in [0.5, 0.6) is 0 Å². The fourth-order valence-corrected chi connectivity index (χ4v) is 1.94. The zero-order valence-corrected chi connectivity index (χ0v) is 12.9. The minimum atomic E-state index is -0.376. The maximum Gasteiger partial charge on any atom is 0.251 e. The number of aromatic amines is 2. The number of hydrazine groups is 1. The number of H-pyrrole nitrogens is 2. The molecule has 0 unspecified atom stereocenters. The van der Waals surface area contributed by atoms with Crippen LogP contribution in [0.15, 0.2) is 33.7 Å². The molecular weight excluding hydrogens is 326 g/mol. The van der Waals surface area contributed by atoms with Crippen LogP contribution in [0, 0.1) is 4.77 Å². The lowest BCUT2D eigenvalue weighted by atomic mass is 10.3. The molecule has 0 spiro atoms. The zero-order valence-electron chi connectivity index (χ0n) is 11.3. The van der Waals surface area contributed by atoms with E-state index in [1.165, 1.54) is 6.07 Å². The van der Waals surface area contributed by atoms with Gasteiger partial charge in [0.2, 0.25) is 5.91 Å². The summed E-state index contributed by atoms with van der Waals surface area (Å²) in [7, 11) is 0. The first-order valence-corrected chi connectivity index (χ1v) is 7.02. The van der Waals surface area contributed by atoms with E-state index in [0.717, 1.165) is 0 Å². The molecule has 22 heavy (non-hydrogen) atoms. The van der Waals surface area contributed by atoms with E-state index in [4.69, 9.17) is 28.9 Å². The second-order valence-electron chi connectivity index (χ2n) is 4.22. The van der Waals surface area contributed by atoms with E-state index in [1.807, 2.05) is 0 Å². The van der Waals surface area contributed by atoms with Crippen LogP contribution in [-0.2, 0) is 17.8 Å². The lowest BCUT2D eigenvalue weighted by Crippen LogP contribution is -2.47. The predicted octanol–water partition coefficient (Wildman–Crippen LogP) is 0.263. The topological polar surface area (TPSA) is 115 Å². The summed E-state index contributed by atoms with van der Waals surface area (Å²) >= 11 is 9.82. The highest BCUT2D eigenvalue weighted by Crippen LogP contribution is 1.98. The molecule has 0 aliphatic carbocycles. The van der Waals surface area contributed by atoms with Gasteiger partial charge in [-0.25, -0.2) is 0 Å². The summed E-state index contributed by atoms with van der Waals surface area (Å²) < 4.78 is 5.29. The first kappa shape index (κ1) is 15.9. The number of carbonyl (C=O) groups excluding carboxylic acids is 1. The summed E-state index contributed by atoms with van der Waals surface area (Å²) in [6.07, 6.45) is 1.52. The summed E-state index contributed by atoms with van der Waals surface area (Å²) in [6, 6.07) is 4.83. The van der Waals surface area contributed by atoms with Gasteiger partial charge in [0.1, 0.15) is 5.76 Å². The van der Waals surface area contributed by atoms with E-state index in [2.05, 4.69) is 26.1 Å². The van der Waals surface area contributed by atoms with Crippen molar-refractivity contribution in [1.29, 1.82) is 0 Å². The standard InChI is InChI=1S/C12H13N5O3S2/c18-9-4-7(14-12(22)15-9)5-10(19)16-17-11(21)13-6-8-2-1-3-20-8/h1-4H,5-6H2,(H,16,19)(H2,13,17,21)(H2,14,15,18,22). The molecule has 2 aromatic rings. The van der Waals surface area contributed by atoms with Gasteiger partial charge in [-0.15, -0.1) is 0 Å². The Labute approximate surface area is 135 Å². The van der Waals surface area contributed by atoms with Crippen LogP contribution in [0.3, 0.4) is 0 Å². The predicted molar refractivity (Wildman–Crippen MR) is 85.4 cm³/mol. The number of nitrogens with one attached hydrogen (secondary N) is 5. The fraction of sp³-hybridized carbons (Fsp3) is 0.167. The molecule has 0 fully saturated rings. The van der Waals surface area contributed by atoms with Gasteiger partial charge in [0, 0.05) is 11.8 Å². The average molecular weight is 339 g/mol. The third-order valence-corrected chi connectivity index (χ3v) is 2.94. The van der Waals surface area contributed by atoms with Gasteiger partial charge in [-0.2, -0.15) is 0 Å². The second-order valence-corrected chi connectivity index (χ2v) is 5.04. The smallest absolute Gasteiger partial charge is 0.251 e. The highest BCUT2D eigenvalue weighted by molar-refractivity contribution is 7.80. The summed E-state index contributed by atoms with van der Waals surface area (Å²) in [4.78, 5) is 28.1. The molecule has 8 nitrogen and oxygen atoms in total. The molecule has 0 atom stereocenters. The first-order chi connectivity index (χ1) is 10.5. The van der Waals surface area contributed by atoms with E-state index < -0.39 is 0 Å². The van der Waals surface area contributed by atoms with Crippen molar-refractivity contribution in [2.24, 2.45) is 0 Å². The van der Waals surface area contributed by atoms with Crippen molar-refractivity contribution >= 4 is 35.5 Å². The van der Waals surface area contributed by atoms with Gasteiger partial charge >= 0.3 is 0 Å². The Kier molecular flexibility index (Phi) is 5.44. The van der Waals surface area contributed by atoms with Crippen molar-refractivity contribution < 1.29 is 9.21 Å². The summed E-state index contributed by atoms with van der Waals surface area (Å²) in [6.45, 7) is 0.399. The molecule has 2 heterocycles. The molecule has 5 N–H and O–H groups in total. The molecular formula is C12H13N5O3S2. The molecule has 2 aromatic heterocycles. The zero-order chi connectivity index (χ0) is 15.9. The number of rotatable bonds is 4. The molecule has 0 aromatic carbocycles. The Morgan fingerprint density at radius 3 is 2.82 bits per heavy atom. The van der Waals surface area contributed by atoms with Crippen molar-refractivity contribution in [3.05, 3.63) is 51.0 Å². The number of carbonyl (C=O) groups is 1. The quantitative estimate of drug-likeness (QED) is 0.401. The molecule has 0 bridgehead atoms. The Bertz CT molecular complexity index is 737. The molecule has 0 saturated carbocycles. The number of aromatic nitrogens is 2. The molecule has 2 rings (SSSR count). The number of hydrogen-bond acceptors (Lipinski definition) is 5. The molecule has 0 aliphatic heterocycles. The third-order valence-electron chi connectivity index (χ3n) is 2.49. The highest BCUT2D eigenvalue weighted by Gasteiger charge is 2.05. The van der Waals surface area contributed by atoms with Crippen molar-refractivity contribution in [2.45, 2.75) is 13.0 Å². The number of hydrogen-bond donors (Lipinski definition) is 5. The van der Waals surface area contributed by atoms with Crippen molar-refractivity contribution in [3.8, 4) is 0 Å². The minimum absolute atomic E-state index is 0.0403. The fourth-order valence-electron chi connectivity index (χ4n) is 1.58. The van der Waals surface area contributed by atoms with E-state index in [1.54, 1.807) is 18.4 Å². The Morgan fingerprint density at radius 1 is 1.32 bits per heavy atom. The molecule has 10 heteroatoms. The molecule has 0 radical (unpaired) electrons. The van der Waals surface area contributed by atoms with Crippen molar-refractivity contribution in [2.75, 3.05) is 0 Å². The highest BCUT2D eigenvalue weighted by atomic mass is 32.1. The lowest BCUT2D eigenvalue weighted by Gasteiger charge is -2.10. The second kappa shape index (κ2) is 7.52. The van der Waals surface area contributed by atoms with Crippen LogP contribution in [-0.4, -0.2) is 21.0 Å². The first-order valence-electron chi connectivity index (χ1n) is 6.20. The Balaban J connectivity index is 1.76. The normalized spacial score (nSPS) is 10.0. The van der Waals surface area contributed by atoms with Gasteiger partial charge in [-0.1, -0.05) is 0 Å². The SMILES string of the molecule is O=C(Cc1cc(=O)[nH]c(=S)[nH]1)NNC(=S)NCc1ccco1. The summed E-state index contributed by atoms with van der Waals surface area (Å²) in [5.41, 5.74) is 5.00. The monoisotopic (exact) mass is 339 g/mol. The molecule has 0 aliphatic rings. The minimum Gasteiger partial charge on any atom is -0.467 e. The van der Waals surface area contributed by atoms with Gasteiger partial charge in [0.25, 0.3) is 5.56 Å². The maximum atomic E-state index is 11.7. The molecule has 116 valence electrons. The molecule has 0 saturated heterocycles. The van der Waals surface area contributed by atoms with Crippen LogP contribution >= 0.6 is 24.4 Å². The van der Waals surface area contributed by atoms with Gasteiger partial charge in [-0.3, -0.25) is 25.4 Å². The van der Waals surface area contributed by atoms with Crippen LogP contribution < -0.4 is 21.7 Å². The van der Waals surface area contributed by atoms with Crippen LogP contribution in [0.4, 0.5) is 0 Å². The summed E-state index contributed by atoms with van der Waals surface area (Å²) in [5, 5.41) is 3.09. The number of amides is 1. The van der Waals surface area contributed by atoms with Gasteiger partial charge in [0.05, 0.1) is 19.2 Å². The molecule has 1 amide bonds. The van der Waals surface area contributed by atoms with Gasteiger partial charge < -0.3 is 14.7 Å². The summed E-state index contributed by atoms with van der Waals surface area (Å²) in [5.74, 6) is 0.338. The van der Waals surface area contributed by atoms with E-state index >= 15 is 0 Å². The average Bonchev–Trinajstić information content (AvgIpc) is 2.95. The van der Waals surface area contributed by atoms with E-state index in [0.29, 0.717) is 18.0 Å².